The van der Waals surface area contributed by atoms with Gasteiger partial charge < -0.3 is 4.90 Å². The molecule has 0 radical (unpaired) electrons. The predicted molar refractivity (Wildman–Crippen MR) is 76.2 cm³/mol. The van der Waals surface area contributed by atoms with Crippen LogP contribution in [0.3, 0.4) is 0 Å². The van der Waals surface area contributed by atoms with Crippen LogP contribution in [-0.2, 0) is 0 Å². The largest absolute Gasteiger partial charge is 0.368 e. The van der Waals surface area contributed by atoms with Crippen LogP contribution in [0, 0.1) is 16.0 Å². The molecule has 5 nitrogen and oxygen atoms in total. The molecule has 1 heterocycles. The van der Waals surface area contributed by atoms with Crippen LogP contribution in [-0.4, -0.2) is 23.8 Å². The van der Waals surface area contributed by atoms with Gasteiger partial charge in [0.25, 0.3) is 5.69 Å². The van der Waals surface area contributed by atoms with Crippen molar-refractivity contribution in [1.82, 2.24) is 0 Å². The maximum absolute atomic E-state index is 11.1. The Bertz CT molecular complexity index is 544. The van der Waals surface area contributed by atoms with Crippen molar-refractivity contribution < 1.29 is 9.72 Å². The first-order valence-electron chi connectivity index (χ1n) is 7.21. The first kappa shape index (κ1) is 13.1. The maximum atomic E-state index is 11.1. The molecule has 0 bridgehead atoms. The number of carbonyl (C=O) groups excluding carboxylic acids is 1. The first-order chi connectivity index (χ1) is 9.70. The summed E-state index contributed by atoms with van der Waals surface area (Å²) in [7, 11) is 0. The normalized spacial score (nSPS) is 25.3. The molecule has 106 valence electrons. The Labute approximate surface area is 117 Å². The molecule has 1 aliphatic carbocycles. The number of anilines is 1. The highest BCUT2D eigenvalue weighted by Gasteiger charge is 2.35. The van der Waals surface area contributed by atoms with Crippen molar-refractivity contribution in [3.63, 3.8) is 0 Å². The van der Waals surface area contributed by atoms with Gasteiger partial charge in [0.2, 0.25) is 0 Å². The number of rotatable bonds is 3. The van der Waals surface area contributed by atoms with Gasteiger partial charge in [0, 0.05) is 24.3 Å². The van der Waals surface area contributed by atoms with Crippen molar-refractivity contribution in [2.45, 2.75) is 38.1 Å². The van der Waals surface area contributed by atoms with E-state index in [-0.39, 0.29) is 11.3 Å². The third-order valence-corrected chi connectivity index (χ3v) is 4.66. The smallest absolute Gasteiger partial charge is 0.280 e. The number of nitro groups is 1. The number of hydrogen-bond donors (Lipinski definition) is 0. The van der Waals surface area contributed by atoms with E-state index in [1.165, 1.54) is 31.7 Å². The number of nitro benzene ring substituents is 1. The zero-order chi connectivity index (χ0) is 14.1. The summed E-state index contributed by atoms with van der Waals surface area (Å²) < 4.78 is 0. The van der Waals surface area contributed by atoms with Crippen molar-refractivity contribution in [1.29, 1.82) is 0 Å². The van der Waals surface area contributed by atoms with Crippen molar-refractivity contribution >= 4 is 17.7 Å². The molecule has 0 N–H and O–H groups in total. The molecule has 2 unspecified atom stereocenters. The fraction of sp³-hybridized carbons (Fsp3) is 0.533. The highest BCUT2D eigenvalue weighted by Crippen LogP contribution is 2.39. The third-order valence-electron chi connectivity index (χ3n) is 4.66. The van der Waals surface area contributed by atoms with Gasteiger partial charge in [-0.15, -0.1) is 0 Å². The van der Waals surface area contributed by atoms with Crippen LogP contribution in [0.25, 0.3) is 0 Å². The fourth-order valence-corrected chi connectivity index (χ4v) is 3.76. The molecule has 2 aliphatic rings. The number of nitrogens with zero attached hydrogens (tertiary/aromatic N) is 2. The number of piperidine rings is 1. The minimum atomic E-state index is -0.498. The average molecular weight is 274 g/mol. The van der Waals surface area contributed by atoms with Crippen molar-refractivity contribution in [2.24, 2.45) is 5.92 Å². The van der Waals surface area contributed by atoms with E-state index in [0.29, 0.717) is 12.3 Å². The Hall–Kier alpha value is -1.91. The lowest BCUT2D eigenvalue weighted by atomic mass is 9.91. The topological polar surface area (TPSA) is 63.5 Å². The van der Waals surface area contributed by atoms with Gasteiger partial charge >= 0.3 is 0 Å². The molecule has 1 aliphatic heterocycles. The summed E-state index contributed by atoms with van der Waals surface area (Å²) >= 11 is 0. The predicted octanol–water partition coefficient (Wildman–Crippen LogP) is 3.18. The van der Waals surface area contributed by atoms with Crippen LogP contribution in [0.4, 0.5) is 11.4 Å². The SMILES string of the molecule is O=Cc1cc(N2CCCC3CCCC32)ccc1[N+](=O)[O-]. The highest BCUT2D eigenvalue weighted by molar-refractivity contribution is 5.83. The molecule has 2 atom stereocenters. The molecule has 1 saturated heterocycles. The zero-order valence-corrected chi connectivity index (χ0v) is 11.3. The Kier molecular flexibility index (Phi) is 3.42. The van der Waals surface area contributed by atoms with Crippen LogP contribution in [0.5, 0.6) is 0 Å². The molecule has 1 aromatic carbocycles. The number of benzene rings is 1. The van der Waals surface area contributed by atoms with Gasteiger partial charge in [-0.2, -0.15) is 0 Å². The number of aldehydes is 1. The zero-order valence-electron chi connectivity index (χ0n) is 11.3. The van der Waals surface area contributed by atoms with E-state index in [1.54, 1.807) is 12.1 Å². The second-order valence-corrected chi connectivity index (χ2v) is 5.71. The monoisotopic (exact) mass is 274 g/mol. The summed E-state index contributed by atoms with van der Waals surface area (Å²) in [6.45, 7) is 0.983. The van der Waals surface area contributed by atoms with Crippen molar-refractivity contribution in [3.05, 3.63) is 33.9 Å². The van der Waals surface area contributed by atoms with Crippen LogP contribution < -0.4 is 4.90 Å². The van der Waals surface area contributed by atoms with Gasteiger partial charge in [0.05, 0.1) is 10.5 Å². The second-order valence-electron chi connectivity index (χ2n) is 5.71. The van der Waals surface area contributed by atoms with Crippen LogP contribution >= 0.6 is 0 Å². The summed E-state index contributed by atoms with van der Waals surface area (Å²) in [5, 5.41) is 10.9. The van der Waals surface area contributed by atoms with E-state index in [9.17, 15) is 14.9 Å². The molecule has 0 spiro atoms. The number of fused-ring (bicyclic) bond motifs is 1. The minimum Gasteiger partial charge on any atom is -0.368 e. The second kappa shape index (κ2) is 5.23. The van der Waals surface area contributed by atoms with E-state index < -0.39 is 4.92 Å². The van der Waals surface area contributed by atoms with Crippen molar-refractivity contribution in [3.8, 4) is 0 Å². The van der Waals surface area contributed by atoms with Gasteiger partial charge in [-0.25, -0.2) is 0 Å². The lowest BCUT2D eigenvalue weighted by Crippen LogP contribution is -2.42. The summed E-state index contributed by atoms with van der Waals surface area (Å²) in [4.78, 5) is 23.8. The van der Waals surface area contributed by atoms with Gasteiger partial charge in [-0.05, 0) is 43.7 Å². The maximum Gasteiger partial charge on any atom is 0.280 e. The Morgan fingerprint density at radius 1 is 1.25 bits per heavy atom. The lowest BCUT2D eigenvalue weighted by Gasteiger charge is -2.39. The van der Waals surface area contributed by atoms with Crippen LogP contribution in [0.1, 0.15) is 42.5 Å². The Morgan fingerprint density at radius 2 is 2.05 bits per heavy atom. The summed E-state index contributed by atoms with van der Waals surface area (Å²) in [5.41, 5.74) is 1.02. The van der Waals surface area contributed by atoms with Gasteiger partial charge in [0.1, 0.15) is 0 Å². The molecule has 20 heavy (non-hydrogen) atoms. The number of carbonyl (C=O) groups is 1. The van der Waals surface area contributed by atoms with E-state index in [0.717, 1.165) is 24.6 Å². The number of hydrogen-bond acceptors (Lipinski definition) is 4. The molecule has 2 fully saturated rings. The molecule has 1 aromatic rings. The molecule has 3 rings (SSSR count). The van der Waals surface area contributed by atoms with Gasteiger partial charge in [-0.3, -0.25) is 14.9 Å². The van der Waals surface area contributed by atoms with E-state index >= 15 is 0 Å². The Balaban J connectivity index is 1.93. The van der Waals surface area contributed by atoms with Crippen LogP contribution in [0.15, 0.2) is 18.2 Å². The van der Waals surface area contributed by atoms with Gasteiger partial charge in [-0.1, -0.05) is 6.42 Å². The highest BCUT2D eigenvalue weighted by atomic mass is 16.6. The van der Waals surface area contributed by atoms with E-state index in [4.69, 9.17) is 0 Å². The van der Waals surface area contributed by atoms with E-state index in [1.807, 2.05) is 0 Å². The van der Waals surface area contributed by atoms with Crippen molar-refractivity contribution in [2.75, 3.05) is 11.4 Å². The van der Waals surface area contributed by atoms with Crippen LogP contribution in [0.2, 0.25) is 0 Å². The molecule has 5 heteroatoms. The molecular weight excluding hydrogens is 256 g/mol. The Morgan fingerprint density at radius 3 is 2.80 bits per heavy atom. The molecular formula is C15H18N2O3. The van der Waals surface area contributed by atoms with Gasteiger partial charge in [0.15, 0.2) is 6.29 Å². The first-order valence-corrected chi connectivity index (χ1v) is 7.21. The summed E-state index contributed by atoms with van der Waals surface area (Å²) in [5.74, 6) is 0.749. The lowest BCUT2D eigenvalue weighted by molar-refractivity contribution is -0.385. The fourth-order valence-electron chi connectivity index (χ4n) is 3.76. The van der Waals surface area contributed by atoms with E-state index in [2.05, 4.69) is 4.90 Å². The molecule has 0 aromatic heterocycles. The average Bonchev–Trinajstić information content (AvgIpc) is 2.94. The standard InChI is InChI=1S/C15H18N2O3/c18-10-12-9-13(6-7-15(12)17(19)20)16-8-2-4-11-3-1-5-14(11)16/h6-7,9-11,14H,1-5,8H2. The molecule has 0 amide bonds. The summed E-state index contributed by atoms with van der Waals surface area (Å²) in [6.07, 6.45) is 6.77. The summed E-state index contributed by atoms with van der Waals surface area (Å²) in [6, 6.07) is 5.46. The third kappa shape index (κ3) is 2.17. The molecule has 1 saturated carbocycles. The minimum absolute atomic E-state index is 0.108. The quantitative estimate of drug-likeness (QED) is 0.482.